The Balaban J connectivity index is 0. The molecule has 10 heteroatoms. The smallest absolute Gasteiger partial charge is 0.317 e. The maximum Gasteiger partial charge on any atom is 0.317 e. The molecule has 0 radical (unpaired) electrons. The Hall–Kier alpha value is -1.82. The zero-order valence-corrected chi connectivity index (χ0v) is 43.0. The monoisotopic (exact) mass is 913 g/mol. The van der Waals surface area contributed by atoms with Gasteiger partial charge in [0.2, 0.25) is 0 Å². The summed E-state index contributed by atoms with van der Waals surface area (Å²) < 4.78 is 0. The summed E-state index contributed by atoms with van der Waals surface area (Å²) in [5, 5.41) is 76.0. The first-order chi connectivity index (χ1) is 30.2. The molecular formula is C54H104O10. The summed E-state index contributed by atoms with van der Waals surface area (Å²) in [5.41, 5.74) is -1.08. The molecule has 0 amide bonds. The van der Waals surface area contributed by atoms with Crippen LogP contribution in [0.1, 0.15) is 223 Å². The number of unbranched alkanes of at least 4 members (excludes halogenated alkanes) is 2. The number of carboxylic acids is 2. The first kappa shape index (κ1) is 64.3. The van der Waals surface area contributed by atoms with Gasteiger partial charge in [0.1, 0.15) is 10.8 Å². The molecule has 0 aromatic rings. The van der Waals surface area contributed by atoms with Gasteiger partial charge in [0.15, 0.2) is 0 Å². The molecule has 6 unspecified atom stereocenters. The second kappa shape index (κ2) is 38.2. The molecule has 0 bridgehead atoms. The van der Waals surface area contributed by atoms with Crippen molar-refractivity contribution < 1.29 is 50.4 Å². The van der Waals surface area contributed by atoms with Crippen molar-refractivity contribution in [3.63, 3.8) is 0 Å². The van der Waals surface area contributed by atoms with Gasteiger partial charge in [-0.05, 0) is 114 Å². The lowest BCUT2D eigenvalue weighted by Crippen LogP contribution is -2.48. The molecule has 0 aliphatic rings. The van der Waals surface area contributed by atoms with Crippen LogP contribution in [0, 0.1) is 46.3 Å². The zero-order valence-electron chi connectivity index (χ0n) is 43.0. The quantitative estimate of drug-likeness (QED) is 0.0216. The number of carboxylic acid groups (broad SMARTS) is 2. The van der Waals surface area contributed by atoms with E-state index in [4.69, 9.17) is 0 Å². The average Bonchev–Trinajstić information content (AvgIpc) is 3.22. The highest BCUT2D eigenvalue weighted by molar-refractivity contribution is 5.76. The average molecular weight is 913 g/mol. The van der Waals surface area contributed by atoms with E-state index < -0.39 is 61.4 Å². The molecule has 8 N–H and O–H groups in total. The number of aliphatic hydroxyl groups is 6. The van der Waals surface area contributed by atoms with Crippen LogP contribution >= 0.6 is 0 Å². The largest absolute Gasteiger partial charge is 0.481 e. The Morgan fingerprint density at radius 3 is 0.891 bits per heavy atom. The minimum Gasteiger partial charge on any atom is -0.481 e. The van der Waals surface area contributed by atoms with E-state index in [9.17, 15) is 50.4 Å². The van der Waals surface area contributed by atoms with Crippen molar-refractivity contribution in [3.8, 4) is 0 Å². The lowest BCUT2D eigenvalue weighted by Gasteiger charge is -2.30. The van der Waals surface area contributed by atoms with E-state index in [1.165, 1.54) is 114 Å². The normalized spacial score (nSPS) is 15.7. The minimum absolute atomic E-state index is 0.240. The second-order valence-electron chi connectivity index (χ2n) is 21.3. The summed E-state index contributed by atoms with van der Waals surface area (Å²) in [6.45, 7) is 19.9. The number of allylic oxidation sites excluding steroid dienone is 4. The van der Waals surface area contributed by atoms with Gasteiger partial charge in [-0.15, -0.1) is 0 Å². The van der Waals surface area contributed by atoms with Gasteiger partial charge in [0.05, 0.1) is 38.6 Å². The summed E-state index contributed by atoms with van der Waals surface area (Å²) in [6.07, 6.45) is 28.2. The topological polar surface area (TPSA) is 196 Å². The van der Waals surface area contributed by atoms with Crippen molar-refractivity contribution in [2.24, 2.45) is 46.3 Å². The molecule has 0 heterocycles. The van der Waals surface area contributed by atoms with Crippen molar-refractivity contribution >= 4 is 11.9 Å². The number of aliphatic hydroxyl groups excluding tert-OH is 6. The van der Waals surface area contributed by atoms with Crippen molar-refractivity contribution in [1.29, 1.82) is 0 Å². The second-order valence-corrected chi connectivity index (χ2v) is 21.3. The van der Waals surface area contributed by atoms with Gasteiger partial charge < -0.3 is 40.9 Å². The van der Waals surface area contributed by atoms with Crippen LogP contribution in [0.5, 0.6) is 0 Å². The summed E-state index contributed by atoms with van der Waals surface area (Å²) >= 11 is 0. The van der Waals surface area contributed by atoms with Crippen LogP contribution in [0.4, 0.5) is 0 Å². The van der Waals surface area contributed by atoms with Gasteiger partial charge in [-0.2, -0.15) is 0 Å². The summed E-state index contributed by atoms with van der Waals surface area (Å²) in [7, 11) is 0. The molecule has 0 fully saturated rings. The Morgan fingerprint density at radius 2 is 0.656 bits per heavy atom. The molecule has 10 nitrogen and oxygen atoms in total. The van der Waals surface area contributed by atoms with E-state index >= 15 is 0 Å². The van der Waals surface area contributed by atoms with Crippen LogP contribution in [-0.4, -0.2) is 91.4 Å². The molecule has 0 aliphatic heterocycles. The highest BCUT2D eigenvalue weighted by Gasteiger charge is 2.45. The number of hydrogen-bond acceptors (Lipinski definition) is 8. The van der Waals surface area contributed by atoms with Gasteiger partial charge >= 0.3 is 11.9 Å². The van der Waals surface area contributed by atoms with E-state index in [0.29, 0.717) is 12.8 Å². The van der Waals surface area contributed by atoms with Gasteiger partial charge in [0, 0.05) is 0 Å². The molecule has 0 aromatic heterocycles. The molecular weight excluding hydrogens is 809 g/mol. The van der Waals surface area contributed by atoms with Gasteiger partial charge in [0.25, 0.3) is 0 Å². The lowest BCUT2D eigenvalue weighted by atomic mass is 9.81. The summed E-state index contributed by atoms with van der Waals surface area (Å²) in [5.74, 6) is 2.14. The van der Waals surface area contributed by atoms with Crippen molar-refractivity contribution in [3.05, 3.63) is 23.3 Å². The molecule has 64 heavy (non-hydrogen) atoms. The molecule has 0 aliphatic carbocycles. The molecule has 0 spiro atoms. The summed E-state index contributed by atoms with van der Waals surface area (Å²) in [4.78, 5) is 22.6. The first-order valence-electron chi connectivity index (χ1n) is 25.7. The third-order valence-electron chi connectivity index (χ3n) is 13.9. The molecule has 0 rings (SSSR count). The number of hydrogen-bond donors (Lipinski definition) is 8. The van der Waals surface area contributed by atoms with E-state index in [-0.39, 0.29) is 12.8 Å². The zero-order chi connectivity index (χ0) is 49.1. The molecule has 0 saturated heterocycles. The van der Waals surface area contributed by atoms with Gasteiger partial charge in [-0.25, -0.2) is 0 Å². The van der Waals surface area contributed by atoms with Gasteiger partial charge in [-0.3, -0.25) is 9.59 Å². The van der Waals surface area contributed by atoms with Crippen molar-refractivity contribution in [1.82, 2.24) is 0 Å². The predicted octanol–water partition coefficient (Wildman–Crippen LogP) is 11.9. The molecule has 380 valence electrons. The Kier molecular flexibility index (Phi) is 38.3. The molecule has 0 saturated carbocycles. The van der Waals surface area contributed by atoms with Crippen LogP contribution in [0.25, 0.3) is 0 Å². The van der Waals surface area contributed by atoms with E-state index in [0.717, 1.165) is 61.2 Å². The lowest BCUT2D eigenvalue weighted by molar-refractivity contribution is -0.167. The van der Waals surface area contributed by atoms with Crippen molar-refractivity contribution in [2.45, 2.75) is 236 Å². The van der Waals surface area contributed by atoms with Crippen molar-refractivity contribution in [2.75, 3.05) is 26.4 Å². The summed E-state index contributed by atoms with van der Waals surface area (Å²) in [6, 6.07) is 0. The SMILES string of the molecule is CC(=CCCCC(O)C(CO)(CO)C(=O)O)CCCC(C)CCCC(C)CCCC(C)C.CC(=CCCCC(O)C(CO)(CO)C(=O)O)CCCC(C)CCCC(C)CCCC(C)C. The number of aliphatic carboxylic acids is 2. The van der Waals surface area contributed by atoms with E-state index in [2.05, 4.69) is 81.4 Å². The first-order valence-corrected chi connectivity index (χ1v) is 25.7. The van der Waals surface area contributed by atoms with Gasteiger partial charge in [-0.1, -0.05) is 169 Å². The van der Waals surface area contributed by atoms with Crippen LogP contribution in [-0.2, 0) is 9.59 Å². The van der Waals surface area contributed by atoms with E-state index in [1.807, 2.05) is 0 Å². The number of rotatable bonds is 40. The Bertz CT molecular complexity index is 1110. The fraction of sp³-hybridized carbons (Fsp3) is 0.889. The third kappa shape index (κ3) is 29.7. The highest BCUT2D eigenvalue weighted by Crippen LogP contribution is 2.28. The van der Waals surface area contributed by atoms with Crippen LogP contribution in [0.2, 0.25) is 0 Å². The molecule has 0 aromatic carbocycles. The van der Waals surface area contributed by atoms with E-state index in [1.54, 1.807) is 0 Å². The maximum atomic E-state index is 11.3. The maximum absolute atomic E-state index is 11.3. The highest BCUT2D eigenvalue weighted by atomic mass is 16.4. The van der Waals surface area contributed by atoms with Crippen LogP contribution < -0.4 is 0 Å². The Labute approximate surface area is 392 Å². The fourth-order valence-electron chi connectivity index (χ4n) is 8.57. The predicted molar refractivity (Wildman–Crippen MR) is 265 cm³/mol. The molecule has 6 atom stereocenters. The minimum atomic E-state index is -1.87. The third-order valence-corrected chi connectivity index (χ3v) is 13.9. The van der Waals surface area contributed by atoms with Crippen LogP contribution in [0.15, 0.2) is 23.3 Å². The number of carbonyl (C=O) groups is 2. The fourth-order valence-corrected chi connectivity index (χ4v) is 8.57. The Morgan fingerprint density at radius 1 is 0.406 bits per heavy atom. The standard InChI is InChI=1S/2C27H52O5/c2*1-21(2)11-8-13-23(4)15-10-17-24(5)16-9-14-22(3)12-6-7-18-25(30)27(19-28,20-29)26(31)32/h2*12,21,23-25,28-30H,6-11,13-20H2,1-5H3,(H,31,32). The van der Waals surface area contributed by atoms with Crippen LogP contribution in [0.3, 0.4) is 0 Å².